The van der Waals surface area contributed by atoms with Crippen LogP contribution >= 0.6 is 0 Å². The molecule has 162 valence electrons. The van der Waals surface area contributed by atoms with Gasteiger partial charge in [-0.05, 0) is 37.5 Å². The lowest BCUT2D eigenvalue weighted by Gasteiger charge is -2.30. The maximum Gasteiger partial charge on any atom is 0.242 e. The van der Waals surface area contributed by atoms with Crippen LogP contribution in [0, 0.1) is 12.8 Å². The summed E-state index contributed by atoms with van der Waals surface area (Å²) in [5.74, 6) is 1.26. The van der Waals surface area contributed by atoms with Gasteiger partial charge in [0, 0.05) is 25.6 Å². The summed E-state index contributed by atoms with van der Waals surface area (Å²) in [6.45, 7) is 7.67. The standard InChI is InChI=1S/C24H32N2O4/c1-18(2)24(28)26(15-21-10-7-13-29-21)17-23(27)25(14-20-8-5-4-6-9-20)16-22-12-11-19(3)30-22/h4-6,8-9,11-12,18,21H,7,10,13-17H2,1-3H3. The van der Waals surface area contributed by atoms with Gasteiger partial charge in [0.05, 0.1) is 19.2 Å². The molecular formula is C24H32N2O4. The number of hydrogen-bond acceptors (Lipinski definition) is 4. The van der Waals surface area contributed by atoms with Crippen LogP contribution in [-0.2, 0) is 27.4 Å². The van der Waals surface area contributed by atoms with E-state index in [4.69, 9.17) is 9.15 Å². The maximum absolute atomic E-state index is 13.3. The smallest absolute Gasteiger partial charge is 0.242 e. The van der Waals surface area contributed by atoms with Crippen molar-refractivity contribution >= 4 is 11.8 Å². The molecule has 1 fully saturated rings. The van der Waals surface area contributed by atoms with Crippen LogP contribution in [0.15, 0.2) is 46.9 Å². The summed E-state index contributed by atoms with van der Waals surface area (Å²) in [6, 6.07) is 13.7. The van der Waals surface area contributed by atoms with Gasteiger partial charge in [-0.2, -0.15) is 0 Å². The fourth-order valence-electron chi connectivity index (χ4n) is 3.69. The molecule has 30 heavy (non-hydrogen) atoms. The van der Waals surface area contributed by atoms with E-state index >= 15 is 0 Å². The molecule has 1 aliphatic heterocycles. The van der Waals surface area contributed by atoms with Gasteiger partial charge >= 0.3 is 0 Å². The van der Waals surface area contributed by atoms with Crippen molar-refractivity contribution in [2.75, 3.05) is 19.7 Å². The molecule has 3 rings (SSSR count). The monoisotopic (exact) mass is 412 g/mol. The minimum Gasteiger partial charge on any atom is -0.464 e. The number of benzene rings is 1. The summed E-state index contributed by atoms with van der Waals surface area (Å²) in [6.07, 6.45) is 1.94. The van der Waals surface area contributed by atoms with Crippen LogP contribution in [0.2, 0.25) is 0 Å². The molecule has 6 heteroatoms. The zero-order valence-corrected chi connectivity index (χ0v) is 18.2. The highest BCUT2D eigenvalue weighted by Gasteiger charge is 2.28. The third kappa shape index (κ3) is 6.20. The minimum atomic E-state index is -0.172. The van der Waals surface area contributed by atoms with Crippen LogP contribution in [0.25, 0.3) is 0 Å². The quantitative estimate of drug-likeness (QED) is 0.629. The van der Waals surface area contributed by atoms with Gasteiger partial charge in [-0.1, -0.05) is 44.2 Å². The highest BCUT2D eigenvalue weighted by molar-refractivity contribution is 5.85. The molecule has 1 unspecified atom stereocenters. The highest BCUT2D eigenvalue weighted by Crippen LogP contribution is 2.17. The molecule has 0 radical (unpaired) electrons. The third-order valence-electron chi connectivity index (χ3n) is 5.29. The minimum absolute atomic E-state index is 0.01000. The number of ether oxygens (including phenoxy) is 1. The van der Waals surface area contributed by atoms with Crippen LogP contribution in [0.5, 0.6) is 0 Å². The first-order chi connectivity index (χ1) is 14.4. The first-order valence-corrected chi connectivity index (χ1v) is 10.7. The Morgan fingerprint density at radius 1 is 1.07 bits per heavy atom. The molecule has 1 atom stereocenters. The van der Waals surface area contributed by atoms with Crippen molar-refractivity contribution in [3.63, 3.8) is 0 Å². The zero-order valence-electron chi connectivity index (χ0n) is 18.2. The molecule has 2 aromatic rings. The van der Waals surface area contributed by atoms with E-state index in [1.807, 2.05) is 63.2 Å². The summed E-state index contributed by atoms with van der Waals surface area (Å²) >= 11 is 0. The van der Waals surface area contributed by atoms with Crippen molar-refractivity contribution in [2.24, 2.45) is 5.92 Å². The number of rotatable bonds is 9. The van der Waals surface area contributed by atoms with Crippen molar-refractivity contribution in [3.05, 3.63) is 59.5 Å². The molecule has 1 aromatic heterocycles. The Balaban J connectivity index is 1.75. The Morgan fingerprint density at radius 3 is 2.43 bits per heavy atom. The van der Waals surface area contributed by atoms with E-state index < -0.39 is 0 Å². The van der Waals surface area contributed by atoms with E-state index in [0.717, 1.165) is 36.5 Å². The van der Waals surface area contributed by atoms with Crippen LogP contribution in [-0.4, -0.2) is 47.4 Å². The van der Waals surface area contributed by atoms with Crippen LogP contribution in [0.1, 0.15) is 43.8 Å². The van der Waals surface area contributed by atoms with Gasteiger partial charge in [0.25, 0.3) is 0 Å². The Bertz CT molecular complexity index is 825. The Kier molecular flexibility index (Phi) is 7.69. The number of amides is 2. The fraction of sp³-hybridized carbons (Fsp3) is 0.500. The molecule has 0 N–H and O–H groups in total. The van der Waals surface area contributed by atoms with Gasteiger partial charge in [-0.3, -0.25) is 9.59 Å². The van der Waals surface area contributed by atoms with E-state index in [-0.39, 0.29) is 30.4 Å². The van der Waals surface area contributed by atoms with Crippen LogP contribution in [0.4, 0.5) is 0 Å². The topological polar surface area (TPSA) is 63.0 Å². The summed E-state index contributed by atoms with van der Waals surface area (Å²) in [7, 11) is 0. The van der Waals surface area contributed by atoms with Crippen molar-refractivity contribution in [1.29, 1.82) is 0 Å². The first kappa shape index (κ1) is 22.1. The molecule has 0 spiro atoms. The molecule has 0 bridgehead atoms. The van der Waals surface area contributed by atoms with Crippen molar-refractivity contribution in [1.82, 2.24) is 9.80 Å². The van der Waals surface area contributed by atoms with E-state index in [1.54, 1.807) is 9.80 Å². The van der Waals surface area contributed by atoms with Gasteiger partial charge in [0.1, 0.15) is 11.5 Å². The fourth-order valence-corrected chi connectivity index (χ4v) is 3.69. The van der Waals surface area contributed by atoms with E-state index in [0.29, 0.717) is 19.6 Å². The molecule has 0 saturated carbocycles. The van der Waals surface area contributed by atoms with Crippen molar-refractivity contribution in [3.8, 4) is 0 Å². The second kappa shape index (κ2) is 10.4. The SMILES string of the molecule is Cc1ccc(CN(Cc2ccccc2)C(=O)CN(CC2CCCO2)C(=O)C(C)C)o1. The van der Waals surface area contributed by atoms with E-state index in [2.05, 4.69) is 0 Å². The maximum atomic E-state index is 13.3. The average molecular weight is 413 g/mol. The number of hydrogen-bond donors (Lipinski definition) is 0. The summed E-state index contributed by atoms with van der Waals surface area (Å²) in [4.78, 5) is 29.5. The number of carbonyl (C=O) groups excluding carboxylic acids is 2. The average Bonchev–Trinajstić information content (AvgIpc) is 3.38. The van der Waals surface area contributed by atoms with E-state index in [1.165, 1.54) is 0 Å². The zero-order chi connectivity index (χ0) is 21.5. The van der Waals surface area contributed by atoms with Gasteiger partial charge in [0.2, 0.25) is 11.8 Å². The molecule has 2 amide bonds. The number of furan rings is 1. The predicted molar refractivity (Wildman–Crippen MR) is 115 cm³/mol. The summed E-state index contributed by atoms with van der Waals surface area (Å²) in [5, 5.41) is 0. The Morgan fingerprint density at radius 2 is 1.83 bits per heavy atom. The second-order valence-corrected chi connectivity index (χ2v) is 8.26. The predicted octanol–water partition coefficient (Wildman–Crippen LogP) is 3.78. The molecule has 6 nitrogen and oxygen atoms in total. The number of nitrogens with zero attached hydrogens (tertiary/aromatic N) is 2. The van der Waals surface area contributed by atoms with Gasteiger partial charge in [-0.25, -0.2) is 0 Å². The number of aryl methyl sites for hydroxylation is 1. The lowest BCUT2D eigenvalue weighted by atomic mass is 10.1. The molecule has 0 aliphatic carbocycles. The lowest BCUT2D eigenvalue weighted by Crippen LogP contribution is -2.46. The Hall–Kier alpha value is -2.60. The van der Waals surface area contributed by atoms with Crippen LogP contribution < -0.4 is 0 Å². The Labute approximate surface area is 178 Å². The summed E-state index contributed by atoms with van der Waals surface area (Å²) < 4.78 is 11.4. The molecular weight excluding hydrogens is 380 g/mol. The molecule has 2 heterocycles. The molecule has 1 aromatic carbocycles. The third-order valence-corrected chi connectivity index (χ3v) is 5.29. The molecule has 1 aliphatic rings. The molecule has 1 saturated heterocycles. The lowest BCUT2D eigenvalue weighted by molar-refractivity contribution is -0.144. The number of carbonyl (C=O) groups is 2. The van der Waals surface area contributed by atoms with Gasteiger partial charge < -0.3 is 19.0 Å². The van der Waals surface area contributed by atoms with E-state index in [9.17, 15) is 9.59 Å². The normalized spacial score (nSPS) is 16.1. The first-order valence-electron chi connectivity index (χ1n) is 10.7. The van der Waals surface area contributed by atoms with Crippen LogP contribution in [0.3, 0.4) is 0 Å². The van der Waals surface area contributed by atoms with Gasteiger partial charge in [-0.15, -0.1) is 0 Å². The summed E-state index contributed by atoms with van der Waals surface area (Å²) in [5.41, 5.74) is 1.04. The highest BCUT2D eigenvalue weighted by atomic mass is 16.5. The van der Waals surface area contributed by atoms with Crippen molar-refractivity contribution in [2.45, 2.75) is 52.8 Å². The van der Waals surface area contributed by atoms with Crippen molar-refractivity contribution < 1.29 is 18.7 Å². The van der Waals surface area contributed by atoms with Gasteiger partial charge in [0.15, 0.2) is 0 Å². The largest absolute Gasteiger partial charge is 0.464 e. The second-order valence-electron chi connectivity index (χ2n) is 8.26.